The molecular formula is C12H15N3O2S. The van der Waals surface area contributed by atoms with Crippen LogP contribution in [0, 0.1) is 6.92 Å². The molecule has 0 fully saturated rings. The largest absolute Gasteiger partial charge is 0.480 e. The van der Waals surface area contributed by atoms with Crippen molar-refractivity contribution in [3.05, 3.63) is 39.8 Å². The van der Waals surface area contributed by atoms with Crippen LogP contribution in [0.4, 0.5) is 0 Å². The van der Waals surface area contributed by atoms with Crippen LogP contribution < -0.4 is 5.32 Å². The SMILES string of the molecule is Cc1ccc(CNC(Cc2ccn[nH]2)C(=O)O)s1. The van der Waals surface area contributed by atoms with E-state index in [9.17, 15) is 4.79 Å². The molecule has 2 heterocycles. The molecule has 3 N–H and O–H groups in total. The first-order valence-electron chi connectivity index (χ1n) is 5.65. The van der Waals surface area contributed by atoms with Crippen LogP contribution in [0.1, 0.15) is 15.4 Å². The second-order valence-corrected chi connectivity index (χ2v) is 5.44. The number of H-pyrrole nitrogens is 1. The Kier molecular flexibility index (Phi) is 4.11. The molecule has 1 atom stereocenters. The summed E-state index contributed by atoms with van der Waals surface area (Å²) in [6.45, 7) is 2.61. The Hall–Kier alpha value is -1.66. The van der Waals surface area contributed by atoms with Crippen molar-refractivity contribution in [2.24, 2.45) is 0 Å². The normalized spacial score (nSPS) is 12.5. The van der Waals surface area contributed by atoms with E-state index >= 15 is 0 Å². The highest BCUT2D eigenvalue weighted by atomic mass is 32.1. The lowest BCUT2D eigenvalue weighted by Crippen LogP contribution is -2.38. The molecule has 0 saturated heterocycles. The fourth-order valence-corrected chi connectivity index (χ4v) is 2.51. The van der Waals surface area contributed by atoms with Crippen LogP contribution in [-0.4, -0.2) is 27.3 Å². The summed E-state index contributed by atoms with van der Waals surface area (Å²) in [4.78, 5) is 13.5. The van der Waals surface area contributed by atoms with Crippen molar-refractivity contribution in [1.82, 2.24) is 15.5 Å². The van der Waals surface area contributed by atoms with Crippen molar-refractivity contribution < 1.29 is 9.90 Å². The molecule has 0 spiro atoms. The van der Waals surface area contributed by atoms with E-state index < -0.39 is 12.0 Å². The number of hydrogen-bond acceptors (Lipinski definition) is 4. The Balaban J connectivity index is 1.92. The monoisotopic (exact) mass is 265 g/mol. The summed E-state index contributed by atoms with van der Waals surface area (Å²) >= 11 is 1.67. The van der Waals surface area contributed by atoms with E-state index in [-0.39, 0.29) is 0 Å². The van der Waals surface area contributed by atoms with Crippen molar-refractivity contribution in [3.63, 3.8) is 0 Å². The molecule has 0 aliphatic carbocycles. The van der Waals surface area contributed by atoms with Crippen LogP contribution in [0.2, 0.25) is 0 Å². The van der Waals surface area contributed by atoms with Gasteiger partial charge in [-0.2, -0.15) is 5.10 Å². The lowest BCUT2D eigenvalue weighted by atomic mass is 10.1. The number of aliphatic carboxylic acids is 1. The number of nitrogens with zero attached hydrogens (tertiary/aromatic N) is 1. The summed E-state index contributed by atoms with van der Waals surface area (Å²) in [6.07, 6.45) is 2.02. The maximum absolute atomic E-state index is 11.2. The molecule has 5 nitrogen and oxygen atoms in total. The highest BCUT2D eigenvalue weighted by molar-refractivity contribution is 7.11. The van der Waals surface area contributed by atoms with E-state index in [1.165, 1.54) is 4.88 Å². The minimum Gasteiger partial charge on any atom is -0.480 e. The summed E-state index contributed by atoms with van der Waals surface area (Å²) in [6, 6.07) is 5.23. The summed E-state index contributed by atoms with van der Waals surface area (Å²) in [5.74, 6) is -0.849. The minimum atomic E-state index is -0.849. The third kappa shape index (κ3) is 3.41. The molecule has 0 amide bonds. The Morgan fingerprint density at radius 2 is 2.39 bits per heavy atom. The zero-order valence-electron chi connectivity index (χ0n) is 10.0. The number of hydrogen-bond donors (Lipinski definition) is 3. The fourth-order valence-electron chi connectivity index (χ4n) is 1.67. The molecule has 0 radical (unpaired) electrons. The van der Waals surface area contributed by atoms with Crippen LogP contribution in [-0.2, 0) is 17.8 Å². The standard InChI is InChI=1S/C12H15N3O2S/c1-8-2-3-10(18-8)7-13-11(12(16)17)6-9-4-5-14-15-9/h2-5,11,13H,6-7H2,1H3,(H,14,15)(H,16,17). The lowest BCUT2D eigenvalue weighted by molar-refractivity contribution is -0.139. The number of rotatable bonds is 6. The fraction of sp³-hybridized carbons (Fsp3) is 0.333. The van der Waals surface area contributed by atoms with Gasteiger partial charge in [0, 0.05) is 34.6 Å². The zero-order chi connectivity index (χ0) is 13.0. The third-order valence-corrected chi connectivity index (χ3v) is 3.60. The molecule has 18 heavy (non-hydrogen) atoms. The molecule has 2 aromatic rings. The van der Waals surface area contributed by atoms with Crippen LogP contribution in [0.25, 0.3) is 0 Å². The second-order valence-electron chi connectivity index (χ2n) is 4.07. The average molecular weight is 265 g/mol. The van der Waals surface area contributed by atoms with Gasteiger partial charge in [0.25, 0.3) is 0 Å². The van der Waals surface area contributed by atoms with Gasteiger partial charge in [-0.25, -0.2) is 0 Å². The van der Waals surface area contributed by atoms with Crippen molar-refractivity contribution in [2.75, 3.05) is 0 Å². The van der Waals surface area contributed by atoms with Gasteiger partial charge in [-0.3, -0.25) is 15.2 Å². The second kappa shape index (κ2) is 5.79. The van der Waals surface area contributed by atoms with Crippen molar-refractivity contribution >= 4 is 17.3 Å². The molecule has 0 aliphatic heterocycles. The molecule has 0 saturated carbocycles. The first-order valence-corrected chi connectivity index (χ1v) is 6.46. The first kappa shape index (κ1) is 12.8. The third-order valence-electron chi connectivity index (χ3n) is 2.60. The van der Waals surface area contributed by atoms with E-state index in [1.54, 1.807) is 23.6 Å². The number of aromatic nitrogens is 2. The number of carboxylic acid groups (broad SMARTS) is 1. The number of thiophene rings is 1. The lowest BCUT2D eigenvalue weighted by Gasteiger charge is -2.12. The van der Waals surface area contributed by atoms with Gasteiger partial charge in [0.1, 0.15) is 6.04 Å². The van der Waals surface area contributed by atoms with Crippen LogP contribution in [0.3, 0.4) is 0 Å². The van der Waals surface area contributed by atoms with Gasteiger partial charge in [0.15, 0.2) is 0 Å². The van der Waals surface area contributed by atoms with E-state index in [0.29, 0.717) is 13.0 Å². The van der Waals surface area contributed by atoms with Gasteiger partial charge in [-0.05, 0) is 25.1 Å². The Morgan fingerprint density at radius 3 is 2.94 bits per heavy atom. The van der Waals surface area contributed by atoms with Crippen LogP contribution >= 0.6 is 11.3 Å². The number of carbonyl (C=O) groups is 1. The van der Waals surface area contributed by atoms with E-state index in [0.717, 1.165) is 10.6 Å². The van der Waals surface area contributed by atoms with E-state index in [2.05, 4.69) is 15.5 Å². The highest BCUT2D eigenvalue weighted by Crippen LogP contribution is 2.14. The first-order chi connectivity index (χ1) is 8.65. The predicted molar refractivity (Wildman–Crippen MR) is 69.6 cm³/mol. The van der Waals surface area contributed by atoms with Crippen molar-refractivity contribution in [2.45, 2.75) is 25.9 Å². The van der Waals surface area contributed by atoms with Crippen molar-refractivity contribution in [3.8, 4) is 0 Å². The number of carboxylic acids is 1. The number of aromatic amines is 1. The maximum Gasteiger partial charge on any atom is 0.321 e. The van der Waals surface area contributed by atoms with Gasteiger partial charge in [-0.1, -0.05) is 0 Å². The van der Waals surface area contributed by atoms with Crippen molar-refractivity contribution in [1.29, 1.82) is 0 Å². The minimum absolute atomic E-state index is 0.402. The summed E-state index contributed by atoms with van der Waals surface area (Å²) in [7, 11) is 0. The molecule has 2 aromatic heterocycles. The zero-order valence-corrected chi connectivity index (χ0v) is 10.8. The smallest absolute Gasteiger partial charge is 0.321 e. The molecule has 0 aromatic carbocycles. The average Bonchev–Trinajstić information content (AvgIpc) is 2.95. The molecule has 0 aliphatic rings. The van der Waals surface area contributed by atoms with Gasteiger partial charge < -0.3 is 5.11 Å². The topological polar surface area (TPSA) is 78.0 Å². The van der Waals surface area contributed by atoms with Gasteiger partial charge in [-0.15, -0.1) is 11.3 Å². The molecule has 6 heteroatoms. The van der Waals surface area contributed by atoms with Crippen LogP contribution in [0.5, 0.6) is 0 Å². The van der Waals surface area contributed by atoms with Gasteiger partial charge in [0.2, 0.25) is 0 Å². The van der Waals surface area contributed by atoms with Gasteiger partial charge in [0.05, 0.1) is 0 Å². The molecule has 2 rings (SSSR count). The number of nitrogens with one attached hydrogen (secondary N) is 2. The van der Waals surface area contributed by atoms with E-state index in [1.807, 2.05) is 19.1 Å². The summed E-state index contributed by atoms with van der Waals surface area (Å²) in [5.41, 5.74) is 0.817. The van der Waals surface area contributed by atoms with Crippen LogP contribution in [0.15, 0.2) is 24.4 Å². The molecule has 0 bridgehead atoms. The quantitative estimate of drug-likeness (QED) is 0.740. The summed E-state index contributed by atoms with van der Waals surface area (Å²) in [5, 5.41) is 18.8. The summed E-state index contributed by atoms with van der Waals surface area (Å²) < 4.78 is 0. The predicted octanol–water partition coefficient (Wildman–Crippen LogP) is 1.57. The van der Waals surface area contributed by atoms with Gasteiger partial charge >= 0.3 is 5.97 Å². The highest BCUT2D eigenvalue weighted by Gasteiger charge is 2.18. The Bertz CT molecular complexity index is 507. The number of aryl methyl sites for hydroxylation is 1. The maximum atomic E-state index is 11.2. The molecule has 1 unspecified atom stereocenters. The Morgan fingerprint density at radius 1 is 1.56 bits per heavy atom. The molecule has 96 valence electrons. The Labute approximate surface area is 109 Å². The van der Waals surface area contributed by atoms with E-state index in [4.69, 9.17) is 5.11 Å². The molecular weight excluding hydrogens is 250 g/mol.